The highest BCUT2D eigenvalue weighted by Gasteiger charge is 2.20. The SMILES string of the molecule is COCCN(CCC(=O)OC)CC(=O)N1CCOCC1. The fourth-order valence-electron chi connectivity index (χ4n) is 1.95. The van der Waals surface area contributed by atoms with Crippen LogP contribution in [0.1, 0.15) is 6.42 Å². The Morgan fingerprint density at radius 3 is 2.50 bits per heavy atom. The lowest BCUT2D eigenvalue weighted by atomic mass is 10.3. The van der Waals surface area contributed by atoms with Crippen LogP contribution in [0.3, 0.4) is 0 Å². The second-order valence-corrected chi connectivity index (χ2v) is 4.59. The highest BCUT2D eigenvalue weighted by molar-refractivity contribution is 5.78. The summed E-state index contributed by atoms with van der Waals surface area (Å²) in [6, 6.07) is 0. The number of carbonyl (C=O) groups is 2. The number of morpholine rings is 1. The maximum absolute atomic E-state index is 12.2. The van der Waals surface area contributed by atoms with Crippen LogP contribution < -0.4 is 0 Å². The van der Waals surface area contributed by atoms with Gasteiger partial charge in [0.25, 0.3) is 0 Å². The molecule has 7 heteroatoms. The monoisotopic (exact) mass is 288 g/mol. The summed E-state index contributed by atoms with van der Waals surface area (Å²) in [5.41, 5.74) is 0. The molecule has 0 unspecified atom stereocenters. The number of carbonyl (C=O) groups excluding carboxylic acids is 2. The third-order valence-corrected chi connectivity index (χ3v) is 3.19. The van der Waals surface area contributed by atoms with Gasteiger partial charge >= 0.3 is 5.97 Å². The van der Waals surface area contributed by atoms with E-state index < -0.39 is 0 Å². The Hall–Kier alpha value is -1.18. The van der Waals surface area contributed by atoms with Crippen LogP contribution in [0, 0.1) is 0 Å². The molecule has 0 aromatic carbocycles. The van der Waals surface area contributed by atoms with Gasteiger partial charge in [0.15, 0.2) is 0 Å². The van der Waals surface area contributed by atoms with E-state index in [-0.39, 0.29) is 18.3 Å². The van der Waals surface area contributed by atoms with Crippen LogP contribution in [0.25, 0.3) is 0 Å². The number of ether oxygens (including phenoxy) is 3. The second-order valence-electron chi connectivity index (χ2n) is 4.59. The molecule has 0 saturated carbocycles. The van der Waals surface area contributed by atoms with Crippen molar-refractivity contribution in [1.82, 2.24) is 9.80 Å². The predicted molar refractivity (Wildman–Crippen MR) is 72.3 cm³/mol. The second kappa shape index (κ2) is 9.68. The molecule has 7 nitrogen and oxygen atoms in total. The highest BCUT2D eigenvalue weighted by Crippen LogP contribution is 2.01. The van der Waals surface area contributed by atoms with Gasteiger partial charge in [0.2, 0.25) is 5.91 Å². The molecule has 0 radical (unpaired) electrons. The predicted octanol–water partition coefficient (Wildman–Crippen LogP) is -0.643. The van der Waals surface area contributed by atoms with Crippen molar-refractivity contribution < 1.29 is 23.8 Å². The molecule has 1 rings (SSSR count). The summed E-state index contributed by atoms with van der Waals surface area (Å²) in [5.74, 6) is -0.208. The first-order chi connectivity index (χ1) is 9.67. The molecular weight excluding hydrogens is 264 g/mol. The van der Waals surface area contributed by atoms with Crippen LogP contribution in [0.2, 0.25) is 0 Å². The van der Waals surface area contributed by atoms with Crippen molar-refractivity contribution >= 4 is 11.9 Å². The van der Waals surface area contributed by atoms with E-state index in [4.69, 9.17) is 9.47 Å². The van der Waals surface area contributed by atoms with Gasteiger partial charge in [-0.05, 0) is 0 Å². The molecule has 0 aromatic rings. The van der Waals surface area contributed by atoms with Crippen LogP contribution >= 0.6 is 0 Å². The Kier molecular flexibility index (Phi) is 8.17. The van der Waals surface area contributed by atoms with Crippen molar-refractivity contribution in [2.45, 2.75) is 6.42 Å². The molecule has 0 aliphatic carbocycles. The van der Waals surface area contributed by atoms with E-state index >= 15 is 0 Å². The minimum atomic E-state index is -0.272. The summed E-state index contributed by atoms with van der Waals surface area (Å²) < 4.78 is 14.9. The van der Waals surface area contributed by atoms with E-state index in [1.54, 1.807) is 12.0 Å². The van der Waals surface area contributed by atoms with Crippen LogP contribution in [-0.4, -0.2) is 88.4 Å². The Balaban J connectivity index is 2.40. The number of hydrogen-bond acceptors (Lipinski definition) is 6. The number of hydrogen-bond donors (Lipinski definition) is 0. The highest BCUT2D eigenvalue weighted by atomic mass is 16.5. The average Bonchev–Trinajstić information content (AvgIpc) is 2.50. The first kappa shape index (κ1) is 16.9. The maximum atomic E-state index is 12.2. The molecule has 1 amide bonds. The van der Waals surface area contributed by atoms with E-state index in [9.17, 15) is 9.59 Å². The summed E-state index contributed by atoms with van der Waals surface area (Å²) in [7, 11) is 2.98. The summed E-state index contributed by atoms with van der Waals surface area (Å²) in [4.78, 5) is 27.1. The first-order valence-electron chi connectivity index (χ1n) is 6.81. The van der Waals surface area contributed by atoms with Crippen LogP contribution in [-0.2, 0) is 23.8 Å². The van der Waals surface area contributed by atoms with Crippen LogP contribution in [0.15, 0.2) is 0 Å². The van der Waals surface area contributed by atoms with Gasteiger partial charge in [-0.25, -0.2) is 0 Å². The van der Waals surface area contributed by atoms with Gasteiger partial charge in [0, 0.05) is 33.3 Å². The molecule has 116 valence electrons. The molecule has 0 bridgehead atoms. The summed E-state index contributed by atoms with van der Waals surface area (Å²) in [5, 5.41) is 0. The number of esters is 1. The average molecular weight is 288 g/mol. The number of methoxy groups -OCH3 is 2. The standard InChI is InChI=1S/C13H24N2O5/c1-18-8-5-14(4-3-13(17)19-2)11-12(16)15-6-9-20-10-7-15/h3-11H2,1-2H3. The number of nitrogens with zero attached hydrogens (tertiary/aromatic N) is 2. The Morgan fingerprint density at radius 2 is 1.90 bits per heavy atom. The molecule has 0 spiro atoms. The summed E-state index contributed by atoms with van der Waals surface area (Å²) in [6.45, 7) is 4.37. The van der Waals surface area contributed by atoms with Crippen molar-refractivity contribution in [2.24, 2.45) is 0 Å². The van der Waals surface area contributed by atoms with Gasteiger partial charge in [0.1, 0.15) is 0 Å². The van der Waals surface area contributed by atoms with E-state index in [1.807, 2.05) is 4.90 Å². The van der Waals surface area contributed by atoms with Gasteiger partial charge in [0.05, 0.1) is 39.9 Å². The minimum Gasteiger partial charge on any atom is -0.469 e. The molecule has 0 N–H and O–H groups in total. The van der Waals surface area contributed by atoms with Crippen molar-refractivity contribution in [3.05, 3.63) is 0 Å². The third-order valence-electron chi connectivity index (χ3n) is 3.19. The zero-order valence-corrected chi connectivity index (χ0v) is 12.3. The molecule has 1 aliphatic rings. The Morgan fingerprint density at radius 1 is 1.20 bits per heavy atom. The van der Waals surface area contributed by atoms with Crippen molar-refractivity contribution in [3.63, 3.8) is 0 Å². The van der Waals surface area contributed by atoms with Crippen molar-refractivity contribution in [2.75, 3.05) is 66.8 Å². The zero-order chi connectivity index (χ0) is 14.8. The lowest BCUT2D eigenvalue weighted by Gasteiger charge is -2.29. The fraction of sp³-hybridized carbons (Fsp3) is 0.846. The molecule has 1 heterocycles. The fourth-order valence-corrected chi connectivity index (χ4v) is 1.95. The number of rotatable bonds is 8. The van der Waals surface area contributed by atoms with E-state index in [0.717, 1.165) is 0 Å². The van der Waals surface area contributed by atoms with Gasteiger partial charge in [-0.1, -0.05) is 0 Å². The minimum absolute atomic E-state index is 0.0641. The van der Waals surface area contributed by atoms with Gasteiger partial charge in [-0.2, -0.15) is 0 Å². The van der Waals surface area contributed by atoms with Crippen molar-refractivity contribution in [1.29, 1.82) is 0 Å². The van der Waals surface area contributed by atoms with Gasteiger partial charge in [-0.3, -0.25) is 14.5 Å². The smallest absolute Gasteiger partial charge is 0.306 e. The molecule has 0 aromatic heterocycles. The molecule has 1 aliphatic heterocycles. The normalized spacial score (nSPS) is 15.4. The molecule has 1 fully saturated rings. The lowest BCUT2D eigenvalue weighted by Crippen LogP contribution is -2.46. The maximum Gasteiger partial charge on any atom is 0.306 e. The molecule has 20 heavy (non-hydrogen) atoms. The zero-order valence-electron chi connectivity index (χ0n) is 12.3. The number of amides is 1. The van der Waals surface area contributed by atoms with Gasteiger partial charge < -0.3 is 19.1 Å². The third kappa shape index (κ3) is 6.31. The van der Waals surface area contributed by atoms with Crippen LogP contribution in [0.5, 0.6) is 0 Å². The Bertz CT molecular complexity index is 305. The first-order valence-corrected chi connectivity index (χ1v) is 6.81. The quantitative estimate of drug-likeness (QED) is 0.553. The van der Waals surface area contributed by atoms with Crippen molar-refractivity contribution in [3.8, 4) is 0 Å². The largest absolute Gasteiger partial charge is 0.469 e. The lowest BCUT2D eigenvalue weighted by molar-refractivity contribution is -0.142. The summed E-state index contributed by atoms with van der Waals surface area (Å²) in [6.07, 6.45) is 0.274. The Labute approximate surface area is 119 Å². The van der Waals surface area contributed by atoms with E-state index in [1.165, 1.54) is 7.11 Å². The summed E-state index contributed by atoms with van der Waals surface area (Å²) >= 11 is 0. The van der Waals surface area contributed by atoms with E-state index in [2.05, 4.69) is 4.74 Å². The molecule has 0 atom stereocenters. The van der Waals surface area contributed by atoms with E-state index in [0.29, 0.717) is 52.5 Å². The van der Waals surface area contributed by atoms with Gasteiger partial charge in [-0.15, -0.1) is 0 Å². The topological polar surface area (TPSA) is 68.3 Å². The molecular formula is C13H24N2O5. The molecule has 1 saturated heterocycles. The van der Waals surface area contributed by atoms with Crippen LogP contribution in [0.4, 0.5) is 0 Å².